The minimum Gasteiger partial charge on any atom is -0.345 e. The molecule has 2 aromatic rings. The van der Waals surface area contributed by atoms with Gasteiger partial charge < -0.3 is 5.32 Å². The maximum Gasteiger partial charge on any atom is 0.416 e. The molecular formula is C19H14ClF3N2O. The van der Waals surface area contributed by atoms with Crippen LogP contribution in [0.2, 0.25) is 5.02 Å². The van der Waals surface area contributed by atoms with Crippen molar-refractivity contribution in [2.24, 2.45) is 0 Å². The summed E-state index contributed by atoms with van der Waals surface area (Å²) in [6.45, 7) is 1.74. The lowest BCUT2D eigenvalue weighted by Gasteiger charge is -2.14. The first-order valence-corrected chi connectivity index (χ1v) is 7.94. The second-order valence-corrected chi connectivity index (χ2v) is 5.98. The number of alkyl halides is 3. The second-order valence-electron chi connectivity index (χ2n) is 5.55. The Hall–Kier alpha value is -2.78. The number of amides is 1. The molecule has 0 saturated heterocycles. The molecule has 0 bridgehead atoms. The SMILES string of the molecule is CC(NC(=O)C(C#N)=Cc1cc(Cl)cc(C(F)(F)F)c1)c1ccccc1. The van der Waals surface area contributed by atoms with Crippen molar-refractivity contribution >= 4 is 23.6 Å². The first-order valence-electron chi connectivity index (χ1n) is 7.56. The van der Waals surface area contributed by atoms with E-state index in [2.05, 4.69) is 5.32 Å². The van der Waals surface area contributed by atoms with Crippen LogP contribution in [0.15, 0.2) is 54.1 Å². The van der Waals surface area contributed by atoms with Crippen LogP contribution in [0.1, 0.15) is 29.7 Å². The standard InChI is InChI=1S/C19H14ClF3N2O/c1-12(14-5-3-2-4-6-14)25-18(26)15(11-24)7-13-8-16(19(21,22)23)10-17(20)9-13/h2-10,12H,1H3,(H,25,26). The molecule has 0 saturated carbocycles. The highest BCUT2D eigenvalue weighted by molar-refractivity contribution is 6.30. The van der Waals surface area contributed by atoms with Gasteiger partial charge in [-0.25, -0.2) is 0 Å². The fourth-order valence-electron chi connectivity index (χ4n) is 2.27. The van der Waals surface area contributed by atoms with Crippen LogP contribution in [0.3, 0.4) is 0 Å². The third kappa shape index (κ3) is 5.11. The number of nitrogens with zero attached hydrogens (tertiary/aromatic N) is 1. The molecule has 1 N–H and O–H groups in total. The molecule has 0 aliphatic rings. The molecule has 26 heavy (non-hydrogen) atoms. The maximum absolute atomic E-state index is 12.9. The fraction of sp³-hybridized carbons (Fsp3) is 0.158. The number of rotatable bonds is 4. The average molecular weight is 379 g/mol. The van der Waals surface area contributed by atoms with Crippen LogP contribution in [0, 0.1) is 11.3 Å². The Balaban J connectivity index is 2.26. The molecule has 1 unspecified atom stereocenters. The predicted octanol–water partition coefficient (Wildman–Crippen LogP) is 5.14. The van der Waals surface area contributed by atoms with Crippen molar-refractivity contribution in [3.8, 4) is 6.07 Å². The van der Waals surface area contributed by atoms with E-state index in [1.54, 1.807) is 13.0 Å². The van der Waals surface area contributed by atoms with E-state index in [1.807, 2.05) is 30.3 Å². The van der Waals surface area contributed by atoms with Crippen molar-refractivity contribution in [3.63, 3.8) is 0 Å². The van der Waals surface area contributed by atoms with Crippen molar-refractivity contribution in [2.45, 2.75) is 19.1 Å². The van der Waals surface area contributed by atoms with Crippen LogP contribution in [0.25, 0.3) is 6.08 Å². The third-order valence-electron chi connectivity index (χ3n) is 3.57. The second kappa shape index (κ2) is 8.07. The summed E-state index contributed by atoms with van der Waals surface area (Å²) < 4.78 is 38.6. The molecule has 2 rings (SSSR count). The van der Waals surface area contributed by atoms with Crippen molar-refractivity contribution in [3.05, 3.63) is 75.8 Å². The van der Waals surface area contributed by atoms with Gasteiger partial charge in [0.2, 0.25) is 0 Å². The molecule has 0 aliphatic heterocycles. The smallest absolute Gasteiger partial charge is 0.345 e. The maximum atomic E-state index is 12.9. The van der Waals surface area contributed by atoms with Crippen molar-refractivity contribution in [1.29, 1.82) is 5.26 Å². The lowest BCUT2D eigenvalue weighted by Crippen LogP contribution is -2.27. The molecule has 0 radical (unpaired) electrons. The summed E-state index contributed by atoms with van der Waals surface area (Å²) >= 11 is 5.71. The Morgan fingerprint density at radius 3 is 2.46 bits per heavy atom. The van der Waals surface area contributed by atoms with E-state index < -0.39 is 17.6 Å². The highest BCUT2D eigenvalue weighted by Crippen LogP contribution is 2.32. The van der Waals surface area contributed by atoms with Crippen molar-refractivity contribution in [1.82, 2.24) is 5.32 Å². The molecule has 0 spiro atoms. The van der Waals surface area contributed by atoms with Gasteiger partial charge in [-0.1, -0.05) is 41.9 Å². The minimum atomic E-state index is -4.58. The summed E-state index contributed by atoms with van der Waals surface area (Å²) in [5.74, 6) is -0.683. The summed E-state index contributed by atoms with van der Waals surface area (Å²) in [5, 5.41) is 11.7. The Labute approximate surface area is 153 Å². The lowest BCUT2D eigenvalue weighted by molar-refractivity contribution is -0.137. The first kappa shape index (κ1) is 19.5. The Bertz CT molecular complexity index is 871. The molecule has 7 heteroatoms. The van der Waals surface area contributed by atoms with Gasteiger partial charge in [0.05, 0.1) is 11.6 Å². The summed E-state index contributed by atoms with van der Waals surface area (Å²) in [4.78, 5) is 12.3. The molecule has 134 valence electrons. The van der Waals surface area contributed by atoms with Gasteiger partial charge in [-0.2, -0.15) is 18.4 Å². The van der Waals surface area contributed by atoms with E-state index in [-0.39, 0.29) is 22.2 Å². The number of nitriles is 1. The van der Waals surface area contributed by atoms with Crippen LogP contribution in [0.4, 0.5) is 13.2 Å². The number of carbonyl (C=O) groups is 1. The number of carbonyl (C=O) groups excluding carboxylic acids is 1. The largest absolute Gasteiger partial charge is 0.416 e. The zero-order valence-electron chi connectivity index (χ0n) is 13.6. The van der Waals surface area contributed by atoms with Crippen molar-refractivity contribution < 1.29 is 18.0 Å². The monoisotopic (exact) mass is 378 g/mol. The number of hydrogen-bond acceptors (Lipinski definition) is 2. The highest BCUT2D eigenvalue weighted by atomic mass is 35.5. The highest BCUT2D eigenvalue weighted by Gasteiger charge is 2.31. The van der Waals surface area contributed by atoms with Crippen LogP contribution in [0.5, 0.6) is 0 Å². The Morgan fingerprint density at radius 2 is 1.88 bits per heavy atom. The Kier molecular flexibility index (Phi) is 6.06. The van der Waals surface area contributed by atoms with Gasteiger partial charge in [-0.15, -0.1) is 0 Å². The quantitative estimate of drug-likeness (QED) is 0.591. The summed E-state index contributed by atoms with van der Waals surface area (Å²) in [6.07, 6.45) is -3.50. The minimum absolute atomic E-state index is 0.0175. The lowest BCUT2D eigenvalue weighted by atomic mass is 10.1. The van der Waals surface area contributed by atoms with Gasteiger partial charge in [-0.3, -0.25) is 4.79 Å². The predicted molar refractivity (Wildman–Crippen MR) is 93.0 cm³/mol. The van der Waals surface area contributed by atoms with Gasteiger partial charge >= 0.3 is 6.18 Å². The zero-order valence-corrected chi connectivity index (χ0v) is 14.4. The summed E-state index contributed by atoms with van der Waals surface area (Å²) in [6, 6.07) is 13.3. The van der Waals surface area contributed by atoms with E-state index in [0.29, 0.717) is 0 Å². The molecule has 3 nitrogen and oxygen atoms in total. The zero-order chi connectivity index (χ0) is 19.3. The first-order chi connectivity index (χ1) is 12.2. The van der Waals surface area contributed by atoms with Crippen LogP contribution in [-0.2, 0) is 11.0 Å². The topological polar surface area (TPSA) is 52.9 Å². The van der Waals surface area contributed by atoms with Gasteiger partial charge in [0.1, 0.15) is 11.6 Å². The molecule has 1 amide bonds. The van der Waals surface area contributed by atoms with Crippen molar-refractivity contribution in [2.75, 3.05) is 0 Å². The molecule has 0 heterocycles. The van der Waals surface area contributed by atoms with Gasteiger partial charge in [0, 0.05) is 5.02 Å². The number of nitrogens with one attached hydrogen (secondary N) is 1. The van der Waals surface area contributed by atoms with E-state index in [9.17, 15) is 23.2 Å². The van der Waals surface area contributed by atoms with E-state index in [0.717, 1.165) is 23.8 Å². The van der Waals surface area contributed by atoms with E-state index in [4.69, 9.17) is 11.6 Å². The summed E-state index contributed by atoms with van der Waals surface area (Å²) in [7, 11) is 0. The van der Waals surface area contributed by atoms with E-state index in [1.165, 1.54) is 6.07 Å². The molecule has 0 fully saturated rings. The molecular weight excluding hydrogens is 365 g/mol. The molecule has 0 aromatic heterocycles. The summed E-state index contributed by atoms with van der Waals surface area (Å²) in [5.41, 5.74) is -0.418. The number of hydrogen-bond donors (Lipinski definition) is 1. The van der Waals surface area contributed by atoms with E-state index >= 15 is 0 Å². The molecule has 1 atom stereocenters. The van der Waals surface area contributed by atoms with Crippen LogP contribution in [-0.4, -0.2) is 5.91 Å². The van der Waals surface area contributed by atoms with Gasteiger partial charge in [0.15, 0.2) is 0 Å². The van der Waals surface area contributed by atoms with Gasteiger partial charge in [0.25, 0.3) is 5.91 Å². The third-order valence-corrected chi connectivity index (χ3v) is 3.79. The Morgan fingerprint density at radius 1 is 1.23 bits per heavy atom. The normalized spacial score (nSPS) is 13.0. The van der Waals surface area contributed by atoms with Crippen LogP contribution >= 0.6 is 11.6 Å². The van der Waals surface area contributed by atoms with Crippen LogP contribution < -0.4 is 5.32 Å². The van der Waals surface area contributed by atoms with Gasteiger partial charge in [-0.05, 0) is 42.3 Å². The molecule has 0 aliphatic carbocycles. The fourth-order valence-corrected chi connectivity index (χ4v) is 2.52. The molecule has 2 aromatic carbocycles. The average Bonchev–Trinajstić information content (AvgIpc) is 2.59. The number of halogens is 4. The number of benzene rings is 2.